The van der Waals surface area contributed by atoms with Gasteiger partial charge in [-0.15, -0.1) is 5.06 Å². The number of nitrogens with zero attached hydrogens (tertiary/aromatic N) is 1. The van der Waals surface area contributed by atoms with Gasteiger partial charge in [-0.25, -0.2) is 0 Å². The number of likely N-dealkylation sites (N-methyl/N-ethyl adjacent to an activating group) is 1. The Kier molecular flexibility index (Phi) is 2.06. The lowest BCUT2D eigenvalue weighted by atomic mass is 10.3. The van der Waals surface area contributed by atoms with Crippen LogP contribution in [0.5, 0.6) is 0 Å². The highest BCUT2D eigenvalue weighted by Gasteiger charge is 2.20. The summed E-state index contributed by atoms with van der Waals surface area (Å²) < 4.78 is 0. The van der Waals surface area contributed by atoms with Crippen LogP contribution < -0.4 is 0 Å². The zero-order valence-electron chi connectivity index (χ0n) is 6.20. The number of hydrogen-bond donors (Lipinski definition) is 0. The lowest BCUT2D eigenvalue weighted by Gasteiger charge is -2.12. The second kappa shape index (κ2) is 2.84. The number of hydroxylamine groups is 2. The van der Waals surface area contributed by atoms with E-state index in [4.69, 9.17) is 4.84 Å². The number of carbonyl (C=O) groups is 1. The minimum Gasteiger partial charge on any atom is -0.410 e. The minimum atomic E-state index is -0.185. The molecule has 1 aliphatic rings. The molecule has 1 aliphatic heterocycles. The zero-order chi connectivity index (χ0) is 7.56. The molecule has 0 N–H and O–H groups in total. The Balaban J connectivity index is 2.60. The summed E-state index contributed by atoms with van der Waals surface area (Å²) in [6, 6.07) is -0.185. The van der Waals surface area contributed by atoms with Crippen LogP contribution >= 0.6 is 0 Å². The van der Waals surface area contributed by atoms with Gasteiger partial charge >= 0.3 is 0 Å². The maximum absolute atomic E-state index is 10.3. The Hall–Kier alpha value is -0.830. The molecular weight excluding hydrogens is 130 g/mol. The second-order valence-corrected chi connectivity index (χ2v) is 2.25. The molecule has 0 saturated heterocycles. The Morgan fingerprint density at radius 1 is 1.90 bits per heavy atom. The predicted octanol–water partition coefficient (Wildman–Crippen LogP) is 0.725. The van der Waals surface area contributed by atoms with Crippen LogP contribution in [0.25, 0.3) is 0 Å². The van der Waals surface area contributed by atoms with Crippen LogP contribution in [0.4, 0.5) is 0 Å². The number of allylic oxidation sites excluding steroid dienone is 1. The summed E-state index contributed by atoms with van der Waals surface area (Å²) in [7, 11) is 1.75. The molecule has 0 bridgehead atoms. The van der Waals surface area contributed by atoms with Crippen molar-refractivity contribution in [1.29, 1.82) is 0 Å². The van der Waals surface area contributed by atoms with Crippen molar-refractivity contribution in [3.8, 4) is 0 Å². The first-order chi connectivity index (χ1) is 4.77. The van der Waals surface area contributed by atoms with Crippen LogP contribution in [0.15, 0.2) is 11.8 Å². The molecule has 0 aromatic heterocycles. The van der Waals surface area contributed by atoms with Gasteiger partial charge in [-0.2, -0.15) is 0 Å². The van der Waals surface area contributed by atoms with E-state index in [-0.39, 0.29) is 6.04 Å². The van der Waals surface area contributed by atoms with E-state index in [0.717, 1.165) is 18.5 Å². The van der Waals surface area contributed by atoms with Crippen molar-refractivity contribution >= 4 is 6.29 Å². The first-order valence-corrected chi connectivity index (χ1v) is 3.34. The summed E-state index contributed by atoms with van der Waals surface area (Å²) in [5.41, 5.74) is 0. The number of carbonyl (C=O) groups excluding carboxylic acids is 1. The summed E-state index contributed by atoms with van der Waals surface area (Å²) in [5.74, 6) is 0.875. The van der Waals surface area contributed by atoms with Crippen LogP contribution in [0.3, 0.4) is 0 Å². The van der Waals surface area contributed by atoms with Gasteiger partial charge < -0.3 is 9.63 Å². The van der Waals surface area contributed by atoms with E-state index in [1.54, 1.807) is 12.1 Å². The zero-order valence-corrected chi connectivity index (χ0v) is 6.20. The Morgan fingerprint density at radius 2 is 2.60 bits per heavy atom. The van der Waals surface area contributed by atoms with Crippen molar-refractivity contribution in [3.63, 3.8) is 0 Å². The molecule has 0 spiro atoms. The second-order valence-electron chi connectivity index (χ2n) is 2.25. The van der Waals surface area contributed by atoms with Gasteiger partial charge in [-0.3, -0.25) is 0 Å². The van der Waals surface area contributed by atoms with E-state index in [1.165, 1.54) is 0 Å². The maximum Gasteiger partial charge on any atom is 0.144 e. The van der Waals surface area contributed by atoms with Gasteiger partial charge in [0.2, 0.25) is 0 Å². The molecular formula is C7H11NO2. The van der Waals surface area contributed by atoms with Crippen LogP contribution in [0.1, 0.15) is 13.3 Å². The van der Waals surface area contributed by atoms with Gasteiger partial charge in [0.1, 0.15) is 18.1 Å². The summed E-state index contributed by atoms with van der Waals surface area (Å²) in [6.07, 6.45) is 3.53. The molecule has 1 heterocycles. The standard InChI is InChI=1S/C7H11NO2/c1-3-7-4-6(5-9)8(2)10-7/h4-6H,3H2,1-2H3. The minimum absolute atomic E-state index is 0.185. The van der Waals surface area contributed by atoms with E-state index in [0.29, 0.717) is 0 Å². The van der Waals surface area contributed by atoms with Crippen molar-refractivity contribution in [3.05, 3.63) is 11.8 Å². The van der Waals surface area contributed by atoms with Crippen molar-refractivity contribution in [2.24, 2.45) is 0 Å². The van der Waals surface area contributed by atoms with Gasteiger partial charge in [0, 0.05) is 13.5 Å². The van der Waals surface area contributed by atoms with Crippen LogP contribution in [0, 0.1) is 0 Å². The lowest BCUT2D eigenvalue weighted by molar-refractivity contribution is -0.127. The molecule has 0 radical (unpaired) electrons. The van der Waals surface area contributed by atoms with Gasteiger partial charge in [0.15, 0.2) is 0 Å². The van der Waals surface area contributed by atoms with Crippen LogP contribution in [0.2, 0.25) is 0 Å². The molecule has 1 unspecified atom stereocenters. The van der Waals surface area contributed by atoms with Crippen molar-refractivity contribution in [2.45, 2.75) is 19.4 Å². The SMILES string of the molecule is CCC1=CC(C=O)N(C)O1. The Morgan fingerprint density at radius 3 is 2.90 bits per heavy atom. The summed E-state index contributed by atoms with van der Waals surface area (Å²) in [4.78, 5) is 15.5. The van der Waals surface area contributed by atoms with Crippen molar-refractivity contribution in [2.75, 3.05) is 7.05 Å². The highest BCUT2D eigenvalue weighted by Crippen LogP contribution is 2.16. The van der Waals surface area contributed by atoms with E-state index >= 15 is 0 Å². The molecule has 0 aliphatic carbocycles. The molecule has 10 heavy (non-hydrogen) atoms. The summed E-state index contributed by atoms with van der Waals surface area (Å²) in [5, 5.41) is 1.55. The molecule has 0 saturated carbocycles. The topological polar surface area (TPSA) is 29.5 Å². The highest BCUT2D eigenvalue weighted by molar-refractivity contribution is 5.61. The average molecular weight is 141 g/mol. The molecule has 0 aromatic carbocycles. The van der Waals surface area contributed by atoms with Gasteiger partial charge in [-0.1, -0.05) is 6.92 Å². The smallest absolute Gasteiger partial charge is 0.144 e. The monoisotopic (exact) mass is 141 g/mol. The fourth-order valence-electron chi connectivity index (χ4n) is 0.879. The molecule has 0 amide bonds. The molecule has 56 valence electrons. The molecule has 3 heteroatoms. The molecule has 0 aromatic rings. The number of rotatable bonds is 2. The lowest BCUT2D eigenvalue weighted by Crippen LogP contribution is -2.25. The van der Waals surface area contributed by atoms with Gasteiger partial charge in [-0.05, 0) is 6.08 Å². The third kappa shape index (κ3) is 1.19. The van der Waals surface area contributed by atoms with Gasteiger partial charge in [0.05, 0.1) is 0 Å². The Bertz CT molecular complexity index is 165. The van der Waals surface area contributed by atoms with E-state index < -0.39 is 0 Å². The normalized spacial score (nSPS) is 25.8. The molecule has 1 atom stereocenters. The molecule has 3 nitrogen and oxygen atoms in total. The van der Waals surface area contributed by atoms with Crippen LogP contribution in [-0.2, 0) is 9.63 Å². The quantitative estimate of drug-likeness (QED) is 0.531. The average Bonchev–Trinajstić information content (AvgIpc) is 2.30. The largest absolute Gasteiger partial charge is 0.410 e. The number of aldehydes is 1. The van der Waals surface area contributed by atoms with Crippen LogP contribution in [-0.4, -0.2) is 24.4 Å². The maximum atomic E-state index is 10.3. The predicted molar refractivity (Wildman–Crippen MR) is 37.1 cm³/mol. The van der Waals surface area contributed by atoms with Crippen molar-refractivity contribution < 1.29 is 9.63 Å². The first-order valence-electron chi connectivity index (χ1n) is 3.34. The van der Waals surface area contributed by atoms with E-state index in [1.807, 2.05) is 13.0 Å². The summed E-state index contributed by atoms with van der Waals surface area (Å²) >= 11 is 0. The first kappa shape index (κ1) is 7.28. The molecule has 1 rings (SSSR count). The van der Waals surface area contributed by atoms with E-state index in [9.17, 15) is 4.79 Å². The van der Waals surface area contributed by atoms with Crippen molar-refractivity contribution in [1.82, 2.24) is 5.06 Å². The van der Waals surface area contributed by atoms with E-state index in [2.05, 4.69) is 0 Å². The highest BCUT2D eigenvalue weighted by atomic mass is 16.7. The molecule has 0 fully saturated rings. The third-order valence-corrected chi connectivity index (χ3v) is 1.53. The fourth-order valence-corrected chi connectivity index (χ4v) is 0.879. The summed E-state index contributed by atoms with van der Waals surface area (Å²) in [6.45, 7) is 1.99. The fraction of sp³-hybridized carbons (Fsp3) is 0.571. The van der Waals surface area contributed by atoms with Gasteiger partial charge in [0.25, 0.3) is 0 Å². The Labute approximate surface area is 60.2 Å². The number of hydrogen-bond acceptors (Lipinski definition) is 3. The third-order valence-electron chi connectivity index (χ3n) is 1.53.